The Morgan fingerprint density at radius 3 is 2.42 bits per heavy atom. The zero-order valence-corrected chi connectivity index (χ0v) is 21.6. The average molecular weight is 478 g/mol. The van der Waals surface area contributed by atoms with Crippen LogP contribution < -0.4 is 14.4 Å². The Morgan fingerprint density at radius 2 is 1.72 bits per heavy atom. The van der Waals surface area contributed by atoms with Crippen molar-refractivity contribution >= 4 is 17.3 Å². The minimum atomic E-state index is -0.00680. The van der Waals surface area contributed by atoms with E-state index in [0.29, 0.717) is 17.1 Å². The molecule has 182 valence electrons. The normalized spacial score (nSPS) is 18.8. The fraction of sp³-hybridized carbons (Fsp3) is 0.355. The molecule has 2 aromatic carbocycles. The number of ether oxygens (including phenoxy) is 2. The van der Waals surface area contributed by atoms with E-state index in [9.17, 15) is 10.5 Å². The number of benzene rings is 2. The van der Waals surface area contributed by atoms with Crippen molar-refractivity contribution in [2.45, 2.75) is 51.4 Å². The molecule has 3 aliphatic rings. The fourth-order valence-corrected chi connectivity index (χ4v) is 5.68. The first-order chi connectivity index (χ1) is 17.2. The zero-order valence-electron chi connectivity index (χ0n) is 21.6. The Bertz CT molecular complexity index is 1410. The van der Waals surface area contributed by atoms with Crippen LogP contribution in [0.4, 0.5) is 5.69 Å². The second kappa shape index (κ2) is 8.61. The highest BCUT2D eigenvalue weighted by Gasteiger charge is 2.42. The molecule has 0 saturated carbocycles. The van der Waals surface area contributed by atoms with Gasteiger partial charge in [0.25, 0.3) is 0 Å². The van der Waals surface area contributed by atoms with Crippen LogP contribution in [-0.2, 0) is 10.8 Å². The summed E-state index contributed by atoms with van der Waals surface area (Å²) < 4.78 is 12.2. The molecule has 0 aromatic heterocycles. The fourth-order valence-electron chi connectivity index (χ4n) is 5.68. The summed E-state index contributed by atoms with van der Waals surface area (Å²) in [6, 6.07) is 13.8. The number of nitrogens with zero attached hydrogens (tertiary/aromatic N) is 3. The minimum Gasteiger partial charge on any atom is -0.496 e. The first kappa shape index (κ1) is 23.8. The van der Waals surface area contributed by atoms with Crippen LogP contribution in [-0.4, -0.2) is 20.2 Å². The molecule has 2 aromatic rings. The topological polar surface area (TPSA) is 69.3 Å². The summed E-state index contributed by atoms with van der Waals surface area (Å²) in [6.45, 7) is 11.4. The number of rotatable bonds is 3. The predicted octanol–water partition coefficient (Wildman–Crippen LogP) is 6.65. The molecule has 0 unspecified atom stereocenters. The molecule has 3 heterocycles. The van der Waals surface area contributed by atoms with Crippen molar-refractivity contribution < 1.29 is 9.47 Å². The van der Waals surface area contributed by atoms with E-state index in [1.54, 1.807) is 13.2 Å². The lowest BCUT2D eigenvalue weighted by atomic mass is 9.68. The Labute approximate surface area is 213 Å². The Balaban J connectivity index is 1.66. The van der Waals surface area contributed by atoms with Crippen LogP contribution in [0.15, 0.2) is 53.8 Å². The van der Waals surface area contributed by atoms with Crippen LogP contribution in [0.1, 0.15) is 62.8 Å². The van der Waals surface area contributed by atoms with Crippen LogP contribution in [0.2, 0.25) is 0 Å². The smallest absolute Gasteiger partial charge is 0.137 e. The second-order valence-corrected chi connectivity index (χ2v) is 11.0. The van der Waals surface area contributed by atoms with Crippen molar-refractivity contribution in [1.29, 1.82) is 10.5 Å². The van der Waals surface area contributed by atoms with Gasteiger partial charge in [0, 0.05) is 41.0 Å². The van der Waals surface area contributed by atoms with Crippen LogP contribution in [0.25, 0.3) is 11.6 Å². The van der Waals surface area contributed by atoms with E-state index in [1.807, 2.05) is 48.6 Å². The van der Waals surface area contributed by atoms with E-state index in [0.717, 1.165) is 42.8 Å². The molecule has 0 atom stereocenters. The third-order valence-electron chi connectivity index (χ3n) is 7.83. The van der Waals surface area contributed by atoms with Gasteiger partial charge in [-0.05, 0) is 59.6 Å². The van der Waals surface area contributed by atoms with Gasteiger partial charge in [0.15, 0.2) is 0 Å². The maximum Gasteiger partial charge on any atom is 0.137 e. The Kier molecular flexibility index (Phi) is 5.68. The van der Waals surface area contributed by atoms with E-state index in [-0.39, 0.29) is 16.4 Å². The van der Waals surface area contributed by atoms with Gasteiger partial charge in [-0.25, -0.2) is 0 Å². The molecule has 0 N–H and O–H groups in total. The van der Waals surface area contributed by atoms with Crippen LogP contribution in [0.3, 0.4) is 0 Å². The number of fused-ring (bicyclic) bond motifs is 1. The molecule has 0 spiro atoms. The van der Waals surface area contributed by atoms with Crippen molar-refractivity contribution in [3.05, 3.63) is 76.1 Å². The SMILES string of the molecule is COc1c(/C=C/C2=CC(=C(C#N)C#N)c3ccccc3O2)cc2c3c1C(C)(C)CCN3CCC2(C)C. The van der Waals surface area contributed by atoms with E-state index in [4.69, 9.17) is 9.47 Å². The quantitative estimate of drug-likeness (QED) is 0.463. The second-order valence-electron chi connectivity index (χ2n) is 11.0. The lowest BCUT2D eigenvalue weighted by Crippen LogP contribution is -2.45. The molecular weight excluding hydrogens is 446 g/mol. The largest absolute Gasteiger partial charge is 0.496 e. The number of methoxy groups -OCH3 is 1. The third-order valence-corrected chi connectivity index (χ3v) is 7.83. The molecule has 3 aliphatic heterocycles. The molecule has 0 aliphatic carbocycles. The highest BCUT2D eigenvalue weighted by Crippen LogP contribution is 2.53. The van der Waals surface area contributed by atoms with Crippen LogP contribution in [0.5, 0.6) is 11.5 Å². The Morgan fingerprint density at radius 1 is 1.03 bits per heavy atom. The van der Waals surface area contributed by atoms with Gasteiger partial charge in [-0.2, -0.15) is 10.5 Å². The average Bonchev–Trinajstić information content (AvgIpc) is 2.86. The van der Waals surface area contributed by atoms with Crippen molar-refractivity contribution in [2.24, 2.45) is 0 Å². The Hall–Kier alpha value is -3.96. The maximum absolute atomic E-state index is 9.52. The molecule has 36 heavy (non-hydrogen) atoms. The summed E-state index contributed by atoms with van der Waals surface area (Å²) >= 11 is 0. The van der Waals surface area contributed by atoms with Crippen LogP contribution >= 0.6 is 0 Å². The predicted molar refractivity (Wildman–Crippen MR) is 143 cm³/mol. The van der Waals surface area contributed by atoms with Gasteiger partial charge >= 0.3 is 0 Å². The van der Waals surface area contributed by atoms with Gasteiger partial charge in [0.1, 0.15) is 35.0 Å². The highest BCUT2D eigenvalue weighted by molar-refractivity contribution is 5.87. The van der Waals surface area contributed by atoms with E-state index in [2.05, 4.69) is 38.7 Å². The van der Waals surface area contributed by atoms with Gasteiger partial charge in [0.05, 0.1) is 7.11 Å². The number of nitriles is 2. The first-order valence-electron chi connectivity index (χ1n) is 12.4. The van der Waals surface area contributed by atoms with Crippen molar-refractivity contribution in [3.63, 3.8) is 0 Å². The summed E-state index contributed by atoms with van der Waals surface area (Å²) in [4.78, 5) is 2.53. The number of hydrogen-bond donors (Lipinski definition) is 0. The van der Waals surface area contributed by atoms with Crippen molar-refractivity contribution in [2.75, 3.05) is 25.1 Å². The summed E-state index contributed by atoms with van der Waals surface area (Å²) in [5.41, 5.74) is 6.43. The first-order valence-corrected chi connectivity index (χ1v) is 12.4. The maximum atomic E-state index is 9.52. The summed E-state index contributed by atoms with van der Waals surface area (Å²) in [6.07, 6.45) is 7.90. The molecule has 5 heteroatoms. The van der Waals surface area contributed by atoms with Crippen molar-refractivity contribution in [3.8, 4) is 23.6 Å². The van der Waals surface area contributed by atoms with Crippen molar-refractivity contribution in [1.82, 2.24) is 0 Å². The minimum absolute atomic E-state index is 0.00680. The van der Waals surface area contributed by atoms with Crippen LogP contribution in [0, 0.1) is 22.7 Å². The molecular formula is C31H31N3O2. The summed E-state index contributed by atoms with van der Waals surface area (Å²) in [5.74, 6) is 2.10. The lowest BCUT2D eigenvalue weighted by Gasteiger charge is -2.48. The molecule has 5 nitrogen and oxygen atoms in total. The molecule has 0 amide bonds. The molecule has 0 radical (unpaired) electrons. The summed E-state index contributed by atoms with van der Waals surface area (Å²) in [5, 5.41) is 19.0. The van der Waals surface area contributed by atoms with Gasteiger partial charge in [0.2, 0.25) is 0 Å². The number of allylic oxidation sites excluding steroid dienone is 4. The lowest BCUT2D eigenvalue weighted by molar-refractivity contribution is 0.362. The summed E-state index contributed by atoms with van der Waals surface area (Å²) in [7, 11) is 1.75. The third kappa shape index (κ3) is 3.76. The van der Waals surface area contributed by atoms with E-state index >= 15 is 0 Å². The van der Waals surface area contributed by atoms with E-state index in [1.165, 1.54) is 16.8 Å². The monoisotopic (exact) mass is 477 g/mol. The highest BCUT2D eigenvalue weighted by atomic mass is 16.5. The molecule has 5 rings (SSSR count). The zero-order chi connectivity index (χ0) is 25.7. The number of para-hydroxylation sites is 1. The van der Waals surface area contributed by atoms with Gasteiger partial charge in [-0.15, -0.1) is 0 Å². The van der Waals surface area contributed by atoms with Gasteiger partial charge < -0.3 is 14.4 Å². The standard InChI is InChI=1S/C31H31N3O2/c1-30(2)12-14-34-15-13-31(3,4)27-28(34)25(30)16-20(29(27)35-5)10-11-22-17-24(21(18-32)19-33)23-8-6-7-9-26(23)36-22/h6-11,16-17H,12-15H2,1-5H3/b11-10+. The number of hydrogen-bond acceptors (Lipinski definition) is 5. The van der Waals surface area contributed by atoms with Gasteiger partial charge in [-0.3, -0.25) is 0 Å². The number of anilines is 1. The molecule has 0 bridgehead atoms. The van der Waals surface area contributed by atoms with E-state index < -0.39 is 0 Å². The molecule has 0 saturated heterocycles. The molecule has 0 fully saturated rings. The van der Waals surface area contributed by atoms with Gasteiger partial charge in [-0.1, -0.05) is 45.9 Å².